The molecule has 6 heteroatoms. The van der Waals surface area contributed by atoms with E-state index in [4.69, 9.17) is 0 Å². The van der Waals surface area contributed by atoms with E-state index >= 15 is 0 Å². The molecule has 0 atom stereocenters. The first-order chi connectivity index (χ1) is 12.3. The Morgan fingerprint density at radius 1 is 1.15 bits per heavy atom. The third-order valence-corrected chi connectivity index (χ3v) is 4.84. The number of aromatic nitrogens is 2. The van der Waals surface area contributed by atoms with Crippen LogP contribution in [-0.4, -0.2) is 22.7 Å². The van der Waals surface area contributed by atoms with Gasteiger partial charge in [-0.15, -0.1) is 0 Å². The molecule has 0 saturated heterocycles. The van der Waals surface area contributed by atoms with Crippen LogP contribution < -0.4 is 10.5 Å². The van der Waals surface area contributed by atoms with E-state index in [0.717, 1.165) is 15.7 Å². The summed E-state index contributed by atoms with van der Waals surface area (Å²) in [5.41, 5.74) is 1.86. The number of rotatable bonds is 3. The second-order valence-corrected chi connectivity index (χ2v) is 7.45. The van der Waals surface area contributed by atoms with E-state index in [-0.39, 0.29) is 23.2 Å². The molecular formula is C20H20BrN3O2. The Labute approximate surface area is 160 Å². The highest BCUT2D eigenvalue weighted by molar-refractivity contribution is 9.10. The molecule has 3 rings (SSSR count). The molecule has 0 saturated carbocycles. The lowest BCUT2D eigenvalue weighted by Gasteiger charge is -2.21. The zero-order valence-electron chi connectivity index (χ0n) is 15.2. The number of hydrogen-bond donors (Lipinski definition) is 0. The smallest absolute Gasteiger partial charge is 0.279 e. The van der Waals surface area contributed by atoms with Crippen molar-refractivity contribution in [1.29, 1.82) is 0 Å². The average molecular weight is 414 g/mol. The van der Waals surface area contributed by atoms with Crippen LogP contribution >= 0.6 is 15.9 Å². The van der Waals surface area contributed by atoms with Crippen molar-refractivity contribution < 1.29 is 4.79 Å². The minimum atomic E-state index is -0.249. The van der Waals surface area contributed by atoms with Crippen LogP contribution in [0.15, 0.2) is 51.7 Å². The molecule has 0 aliphatic carbocycles. The minimum absolute atomic E-state index is 0.140. The number of hydrogen-bond acceptors (Lipinski definition) is 3. The molecule has 0 aliphatic rings. The number of nitrogens with zero attached hydrogens (tertiary/aromatic N) is 3. The number of anilines is 1. The van der Waals surface area contributed by atoms with Gasteiger partial charge in [-0.2, -0.15) is 5.10 Å². The van der Waals surface area contributed by atoms with Crippen molar-refractivity contribution in [1.82, 2.24) is 9.78 Å². The van der Waals surface area contributed by atoms with Gasteiger partial charge in [0.15, 0.2) is 5.69 Å². The van der Waals surface area contributed by atoms with Crippen LogP contribution in [0.5, 0.6) is 0 Å². The highest BCUT2D eigenvalue weighted by Crippen LogP contribution is 2.25. The van der Waals surface area contributed by atoms with Crippen LogP contribution in [0.4, 0.5) is 5.69 Å². The van der Waals surface area contributed by atoms with Crippen LogP contribution in [0.1, 0.15) is 35.9 Å². The predicted octanol–water partition coefficient (Wildman–Crippen LogP) is 4.32. The monoisotopic (exact) mass is 413 g/mol. The van der Waals surface area contributed by atoms with Gasteiger partial charge in [0.2, 0.25) is 0 Å². The highest BCUT2D eigenvalue weighted by atomic mass is 79.9. The van der Waals surface area contributed by atoms with Crippen LogP contribution in [0.2, 0.25) is 0 Å². The van der Waals surface area contributed by atoms with Crippen molar-refractivity contribution in [3.05, 3.63) is 68.5 Å². The second-order valence-electron chi connectivity index (χ2n) is 6.53. The van der Waals surface area contributed by atoms with E-state index in [1.807, 2.05) is 45.0 Å². The second kappa shape index (κ2) is 7.03. The Kier molecular flexibility index (Phi) is 4.96. The number of benzene rings is 2. The van der Waals surface area contributed by atoms with Gasteiger partial charge in [-0.25, -0.2) is 4.68 Å². The van der Waals surface area contributed by atoms with Gasteiger partial charge in [-0.3, -0.25) is 9.59 Å². The van der Waals surface area contributed by atoms with Crippen molar-refractivity contribution in [2.45, 2.75) is 26.8 Å². The summed E-state index contributed by atoms with van der Waals surface area (Å²) in [6, 6.07) is 12.7. The topological polar surface area (TPSA) is 55.2 Å². The number of amides is 1. The fraction of sp³-hybridized carbons (Fsp3) is 0.250. The summed E-state index contributed by atoms with van der Waals surface area (Å²) in [5, 5.41) is 5.47. The first-order valence-corrected chi connectivity index (χ1v) is 9.16. The van der Waals surface area contributed by atoms with Gasteiger partial charge in [-0.05, 0) is 50.6 Å². The maximum absolute atomic E-state index is 13.2. The SMILES string of the molecule is Cc1cc(Br)ccc1N(C)C(=O)c1nn(C(C)C)c(=O)c2ccccc12. The molecule has 0 unspecified atom stereocenters. The molecule has 0 bridgehead atoms. The summed E-state index contributed by atoms with van der Waals surface area (Å²) in [6.07, 6.45) is 0. The van der Waals surface area contributed by atoms with Gasteiger partial charge >= 0.3 is 0 Å². The van der Waals surface area contributed by atoms with Crippen LogP contribution in [0.3, 0.4) is 0 Å². The highest BCUT2D eigenvalue weighted by Gasteiger charge is 2.22. The van der Waals surface area contributed by atoms with Crippen LogP contribution in [0, 0.1) is 6.92 Å². The first-order valence-electron chi connectivity index (χ1n) is 8.37. The lowest BCUT2D eigenvalue weighted by Crippen LogP contribution is -2.33. The molecule has 1 aromatic heterocycles. The van der Waals surface area contributed by atoms with E-state index in [2.05, 4.69) is 21.0 Å². The summed E-state index contributed by atoms with van der Waals surface area (Å²) in [5.74, 6) is -0.249. The van der Waals surface area contributed by atoms with Crippen molar-refractivity contribution in [2.24, 2.45) is 0 Å². The molecule has 134 valence electrons. The number of carbonyl (C=O) groups is 1. The third-order valence-electron chi connectivity index (χ3n) is 4.34. The molecule has 26 heavy (non-hydrogen) atoms. The van der Waals surface area contributed by atoms with Crippen molar-refractivity contribution in [2.75, 3.05) is 11.9 Å². The largest absolute Gasteiger partial charge is 0.310 e. The van der Waals surface area contributed by atoms with Gasteiger partial charge in [0.1, 0.15) is 0 Å². The Morgan fingerprint density at radius 3 is 2.42 bits per heavy atom. The quantitative estimate of drug-likeness (QED) is 0.641. The van der Waals surface area contributed by atoms with E-state index in [9.17, 15) is 9.59 Å². The predicted molar refractivity (Wildman–Crippen MR) is 108 cm³/mol. The molecule has 5 nitrogen and oxygen atoms in total. The summed E-state index contributed by atoms with van der Waals surface area (Å²) < 4.78 is 2.33. The number of fused-ring (bicyclic) bond motifs is 1. The molecule has 0 radical (unpaired) electrons. The van der Waals surface area contributed by atoms with Crippen LogP contribution in [-0.2, 0) is 0 Å². The first kappa shape index (κ1) is 18.3. The minimum Gasteiger partial charge on any atom is -0.310 e. The van der Waals surface area contributed by atoms with Crippen molar-refractivity contribution >= 4 is 38.3 Å². The summed E-state index contributed by atoms with van der Waals surface area (Å²) in [6.45, 7) is 5.70. The van der Waals surface area contributed by atoms with E-state index in [1.165, 1.54) is 4.68 Å². The Morgan fingerprint density at radius 2 is 1.81 bits per heavy atom. The average Bonchev–Trinajstić information content (AvgIpc) is 2.61. The molecule has 0 spiro atoms. The lowest BCUT2D eigenvalue weighted by atomic mass is 10.1. The molecular weight excluding hydrogens is 394 g/mol. The van der Waals surface area contributed by atoms with Gasteiger partial charge in [-0.1, -0.05) is 34.1 Å². The van der Waals surface area contributed by atoms with Gasteiger partial charge in [0.05, 0.1) is 11.4 Å². The Hall–Kier alpha value is -2.47. The standard InChI is InChI=1S/C20H20BrN3O2/c1-12(2)24-19(25)16-8-6-5-7-15(16)18(22-24)20(26)23(4)17-10-9-14(21)11-13(17)3/h5-12H,1-4H3. The fourth-order valence-corrected chi connectivity index (χ4v) is 3.45. The molecule has 3 aromatic rings. The lowest BCUT2D eigenvalue weighted by molar-refractivity contribution is 0.0987. The molecule has 2 aromatic carbocycles. The number of aryl methyl sites for hydroxylation is 1. The van der Waals surface area contributed by atoms with Crippen molar-refractivity contribution in [3.63, 3.8) is 0 Å². The zero-order chi connectivity index (χ0) is 19.0. The molecule has 1 heterocycles. The zero-order valence-corrected chi connectivity index (χ0v) is 16.7. The Bertz CT molecular complexity index is 1060. The van der Waals surface area contributed by atoms with Gasteiger partial charge < -0.3 is 4.90 Å². The van der Waals surface area contributed by atoms with E-state index < -0.39 is 0 Å². The van der Waals surface area contributed by atoms with E-state index in [0.29, 0.717) is 10.8 Å². The maximum Gasteiger partial charge on any atom is 0.279 e. The summed E-state index contributed by atoms with van der Waals surface area (Å²) in [7, 11) is 1.72. The normalized spacial score (nSPS) is 11.2. The third kappa shape index (κ3) is 3.17. The van der Waals surface area contributed by atoms with E-state index in [1.54, 1.807) is 30.1 Å². The number of halogens is 1. The maximum atomic E-state index is 13.2. The fourth-order valence-electron chi connectivity index (χ4n) is 2.98. The molecule has 1 amide bonds. The van der Waals surface area contributed by atoms with Crippen molar-refractivity contribution in [3.8, 4) is 0 Å². The van der Waals surface area contributed by atoms with Gasteiger partial charge in [0.25, 0.3) is 11.5 Å². The number of carbonyl (C=O) groups excluding carboxylic acids is 1. The Balaban J connectivity index is 2.19. The molecule has 0 aliphatic heterocycles. The summed E-state index contributed by atoms with van der Waals surface area (Å²) in [4.78, 5) is 27.4. The van der Waals surface area contributed by atoms with Crippen LogP contribution in [0.25, 0.3) is 10.8 Å². The molecule has 0 fully saturated rings. The molecule has 0 N–H and O–H groups in total. The summed E-state index contributed by atoms with van der Waals surface area (Å²) >= 11 is 3.44. The van der Waals surface area contributed by atoms with Gasteiger partial charge in [0, 0.05) is 22.6 Å².